The number of nitrogens with zero attached hydrogens (tertiary/aromatic N) is 3. The number of rotatable bonds is 4. The maximum atomic E-state index is 10.2. The summed E-state index contributed by atoms with van der Waals surface area (Å²) in [6, 6.07) is 60.4. The molecule has 1 aliphatic rings. The Morgan fingerprint density at radius 3 is 2.08 bits per heavy atom. The molecule has 244 valence electrons. The Balaban J connectivity index is 1.29. The summed E-state index contributed by atoms with van der Waals surface area (Å²) in [6.45, 7) is 4.72. The largest absolute Gasteiger partial charge is 0.309 e. The lowest BCUT2D eigenvalue weighted by Gasteiger charge is -2.22. The molecular formula is C49H33N3. The van der Waals surface area contributed by atoms with Crippen molar-refractivity contribution in [3.8, 4) is 56.4 Å². The predicted octanol–water partition coefficient (Wildman–Crippen LogP) is 12.5. The Labute approximate surface area is 302 Å². The van der Waals surface area contributed by atoms with Crippen molar-refractivity contribution >= 4 is 32.7 Å². The summed E-state index contributed by atoms with van der Waals surface area (Å²) in [7, 11) is 0. The number of fused-ring (bicyclic) bond motifs is 8. The number of hydrogen-bond donors (Lipinski definition) is 0. The Kier molecular flexibility index (Phi) is 6.59. The van der Waals surface area contributed by atoms with Gasteiger partial charge in [0.25, 0.3) is 0 Å². The van der Waals surface area contributed by atoms with Crippen molar-refractivity contribution in [3.05, 3.63) is 180 Å². The predicted molar refractivity (Wildman–Crippen MR) is 215 cm³/mol. The van der Waals surface area contributed by atoms with Crippen LogP contribution in [0.5, 0.6) is 0 Å². The molecule has 0 bridgehead atoms. The molecule has 2 aromatic heterocycles. The van der Waals surface area contributed by atoms with Crippen molar-refractivity contribution in [1.82, 2.24) is 9.55 Å². The van der Waals surface area contributed by atoms with Crippen LogP contribution in [-0.2, 0) is 5.41 Å². The number of aromatic nitrogens is 2. The minimum absolute atomic E-state index is 0.165. The first kappa shape index (κ1) is 30.1. The highest BCUT2D eigenvalue weighted by atomic mass is 15.0. The lowest BCUT2D eigenvalue weighted by molar-refractivity contribution is 0.666. The van der Waals surface area contributed by atoms with Crippen LogP contribution in [0.4, 0.5) is 0 Å². The minimum Gasteiger partial charge on any atom is -0.309 e. The van der Waals surface area contributed by atoms with Crippen LogP contribution in [0.15, 0.2) is 164 Å². The van der Waals surface area contributed by atoms with E-state index in [0.717, 1.165) is 61.1 Å². The second-order valence-electron chi connectivity index (χ2n) is 14.3. The molecular weight excluding hydrogens is 631 g/mol. The Morgan fingerprint density at radius 2 is 1.23 bits per heavy atom. The first-order chi connectivity index (χ1) is 25.5. The van der Waals surface area contributed by atoms with Gasteiger partial charge in [0.1, 0.15) is 0 Å². The topological polar surface area (TPSA) is 41.6 Å². The van der Waals surface area contributed by atoms with Crippen molar-refractivity contribution in [3.63, 3.8) is 0 Å². The van der Waals surface area contributed by atoms with Crippen LogP contribution in [0.25, 0.3) is 83.0 Å². The van der Waals surface area contributed by atoms with Gasteiger partial charge in [-0.3, -0.25) is 0 Å². The molecule has 3 heteroatoms. The molecule has 0 unspecified atom stereocenters. The van der Waals surface area contributed by atoms with Crippen LogP contribution in [0.3, 0.4) is 0 Å². The maximum Gasteiger partial charge on any atom is 0.0998 e. The van der Waals surface area contributed by atoms with Crippen LogP contribution in [-0.4, -0.2) is 9.55 Å². The lowest BCUT2D eigenvalue weighted by Crippen LogP contribution is -2.15. The van der Waals surface area contributed by atoms with Crippen LogP contribution in [0.1, 0.15) is 30.5 Å². The fourth-order valence-electron chi connectivity index (χ4n) is 8.67. The zero-order chi connectivity index (χ0) is 35.0. The van der Waals surface area contributed by atoms with Crippen LogP contribution in [0.2, 0.25) is 0 Å². The molecule has 0 fully saturated rings. The summed E-state index contributed by atoms with van der Waals surface area (Å²) in [6.07, 6.45) is 0. The third-order valence-electron chi connectivity index (χ3n) is 11.0. The van der Waals surface area contributed by atoms with Crippen LogP contribution >= 0.6 is 0 Å². The van der Waals surface area contributed by atoms with Gasteiger partial charge < -0.3 is 4.57 Å². The first-order valence-electron chi connectivity index (χ1n) is 17.8. The standard InChI is InChI=1S/C49H33N3/c1-49(2)42-21-11-8-18-37(42)39-24-25-46-47(48(39)49)40-20-10-13-23-45(40)52(46)35-27-33(36-17-7-6-16-32(36)30-50)26-34(28-35)44-29-41(31-14-4-3-5-15-31)38-19-9-12-22-43(38)51-44/h3-29H,1-2H3. The fraction of sp³-hybridized carbons (Fsp3) is 0.0612. The molecule has 2 heterocycles. The average Bonchev–Trinajstić information content (AvgIpc) is 3.66. The molecule has 0 radical (unpaired) electrons. The molecule has 0 amide bonds. The monoisotopic (exact) mass is 663 g/mol. The molecule has 9 aromatic rings. The van der Waals surface area contributed by atoms with Crippen molar-refractivity contribution in [2.45, 2.75) is 19.3 Å². The summed E-state index contributed by atoms with van der Waals surface area (Å²) in [5, 5.41) is 13.9. The van der Waals surface area contributed by atoms with E-state index in [4.69, 9.17) is 4.98 Å². The smallest absolute Gasteiger partial charge is 0.0998 e. The van der Waals surface area contributed by atoms with E-state index in [-0.39, 0.29) is 5.41 Å². The molecule has 0 saturated heterocycles. The highest BCUT2D eigenvalue weighted by Gasteiger charge is 2.38. The van der Waals surface area contributed by atoms with Gasteiger partial charge in [0, 0.05) is 32.8 Å². The van der Waals surface area contributed by atoms with Crippen molar-refractivity contribution in [2.24, 2.45) is 0 Å². The number of para-hydroxylation sites is 2. The van der Waals surface area contributed by atoms with E-state index < -0.39 is 0 Å². The average molecular weight is 664 g/mol. The normalized spacial score (nSPS) is 12.9. The molecule has 7 aromatic carbocycles. The summed E-state index contributed by atoms with van der Waals surface area (Å²) in [4.78, 5) is 5.27. The first-order valence-corrected chi connectivity index (χ1v) is 17.8. The molecule has 0 saturated carbocycles. The number of nitriles is 1. The van der Waals surface area contributed by atoms with Gasteiger partial charge in [-0.05, 0) is 93.0 Å². The van der Waals surface area contributed by atoms with Gasteiger partial charge in [0.2, 0.25) is 0 Å². The third-order valence-corrected chi connectivity index (χ3v) is 11.0. The summed E-state index contributed by atoms with van der Waals surface area (Å²) < 4.78 is 2.41. The van der Waals surface area contributed by atoms with E-state index in [1.54, 1.807) is 0 Å². The number of hydrogen-bond acceptors (Lipinski definition) is 2. The van der Waals surface area contributed by atoms with Gasteiger partial charge in [-0.25, -0.2) is 4.98 Å². The highest BCUT2D eigenvalue weighted by molar-refractivity contribution is 6.14. The fourth-order valence-corrected chi connectivity index (χ4v) is 8.67. The summed E-state index contributed by atoms with van der Waals surface area (Å²) in [5.41, 5.74) is 16.1. The van der Waals surface area contributed by atoms with Gasteiger partial charge in [0.05, 0.1) is 33.9 Å². The highest BCUT2D eigenvalue weighted by Crippen LogP contribution is 2.53. The molecule has 0 aliphatic heterocycles. The molecule has 3 nitrogen and oxygen atoms in total. The van der Waals surface area contributed by atoms with Gasteiger partial charge in [-0.2, -0.15) is 5.26 Å². The van der Waals surface area contributed by atoms with Crippen LogP contribution in [0, 0.1) is 11.3 Å². The quantitative estimate of drug-likeness (QED) is 0.188. The van der Waals surface area contributed by atoms with Gasteiger partial charge in [0.15, 0.2) is 0 Å². The SMILES string of the molecule is CC1(C)c2ccccc2-c2ccc3c(c21)c1ccccc1n3-c1cc(-c2cc(-c3ccccc3)c3ccccc3n2)cc(-c2ccccc2C#N)c1. The van der Waals surface area contributed by atoms with E-state index in [9.17, 15) is 5.26 Å². The van der Waals surface area contributed by atoms with E-state index in [1.807, 2.05) is 24.3 Å². The van der Waals surface area contributed by atoms with Crippen molar-refractivity contribution in [2.75, 3.05) is 0 Å². The zero-order valence-corrected chi connectivity index (χ0v) is 28.9. The molecule has 0 N–H and O–H groups in total. The Hall–Kier alpha value is -6.76. The van der Waals surface area contributed by atoms with Crippen molar-refractivity contribution in [1.29, 1.82) is 5.26 Å². The van der Waals surface area contributed by atoms with Gasteiger partial charge in [-0.1, -0.05) is 129 Å². The van der Waals surface area contributed by atoms with E-state index in [2.05, 4.69) is 164 Å². The maximum absolute atomic E-state index is 10.2. The molecule has 0 atom stereocenters. The molecule has 1 aliphatic carbocycles. The third kappa shape index (κ3) is 4.41. The number of pyridine rings is 1. The Morgan fingerprint density at radius 1 is 0.538 bits per heavy atom. The number of benzene rings is 7. The molecule has 0 spiro atoms. The van der Waals surface area contributed by atoms with Crippen molar-refractivity contribution < 1.29 is 0 Å². The molecule has 52 heavy (non-hydrogen) atoms. The van der Waals surface area contributed by atoms with E-state index >= 15 is 0 Å². The summed E-state index contributed by atoms with van der Waals surface area (Å²) in [5.74, 6) is 0. The molecule has 10 rings (SSSR count). The second-order valence-corrected chi connectivity index (χ2v) is 14.3. The zero-order valence-electron chi connectivity index (χ0n) is 28.9. The lowest BCUT2D eigenvalue weighted by atomic mass is 9.80. The Bertz CT molecular complexity index is 2940. The minimum atomic E-state index is -0.165. The van der Waals surface area contributed by atoms with Crippen LogP contribution < -0.4 is 0 Å². The van der Waals surface area contributed by atoms with Gasteiger partial charge >= 0.3 is 0 Å². The van der Waals surface area contributed by atoms with E-state index in [1.165, 1.54) is 33.0 Å². The summed E-state index contributed by atoms with van der Waals surface area (Å²) >= 11 is 0. The second kappa shape index (κ2) is 11.4. The van der Waals surface area contributed by atoms with E-state index in [0.29, 0.717) is 5.56 Å². The van der Waals surface area contributed by atoms with Gasteiger partial charge in [-0.15, -0.1) is 0 Å².